The predicted molar refractivity (Wildman–Crippen MR) is 112 cm³/mol. The van der Waals surface area contributed by atoms with E-state index < -0.39 is 5.60 Å². The van der Waals surface area contributed by atoms with Gasteiger partial charge in [0.25, 0.3) is 5.91 Å². The Balaban J connectivity index is 1.52. The van der Waals surface area contributed by atoms with Gasteiger partial charge in [0.2, 0.25) is 0 Å². The number of rotatable bonds is 7. The van der Waals surface area contributed by atoms with Crippen LogP contribution in [0.5, 0.6) is 5.75 Å². The number of amides is 1. The number of carbonyl (C=O) groups excluding carboxylic acids is 1. The van der Waals surface area contributed by atoms with Gasteiger partial charge in [0, 0.05) is 36.6 Å². The van der Waals surface area contributed by atoms with Gasteiger partial charge in [-0.1, -0.05) is 6.08 Å². The molecule has 154 valence electrons. The van der Waals surface area contributed by atoms with Crippen molar-refractivity contribution >= 4 is 17.2 Å². The van der Waals surface area contributed by atoms with Crippen LogP contribution >= 0.6 is 0 Å². The highest BCUT2D eigenvalue weighted by molar-refractivity contribution is 6.05. The third kappa shape index (κ3) is 4.62. The Kier molecular flexibility index (Phi) is 5.08. The number of ether oxygens (including phenoxy) is 1. The highest BCUT2D eigenvalue weighted by Gasteiger charge is 2.29. The number of allylic oxidation sites excluding steroid dienone is 2. The number of carbonyl (C=O) groups is 1. The van der Waals surface area contributed by atoms with Gasteiger partial charge in [-0.15, -0.1) is 0 Å². The maximum absolute atomic E-state index is 12.8. The van der Waals surface area contributed by atoms with Gasteiger partial charge < -0.3 is 24.5 Å². The first kappa shape index (κ1) is 19.5. The van der Waals surface area contributed by atoms with Crippen LogP contribution in [0.2, 0.25) is 0 Å². The minimum absolute atomic E-state index is 0.125. The van der Waals surface area contributed by atoms with E-state index in [2.05, 4.69) is 21.4 Å². The average Bonchev–Trinajstić information content (AvgIpc) is 3.46. The van der Waals surface area contributed by atoms with E-state index in [1.807, 2.05) is 35.0 Å². The number of nitrogens with zero attached hydrogens (tertiary/aromatic N) is 3. The Labute approximate surface area is 170 Å². The van der Waals surface area contributed by atoms with Crippen LogP contribution in [0.4, 0.5) is 5.69 Å². The lowest BCUT2D eigenvalue weighted by Gasteiger charge is -2.24. The Morgan fingerprint density at radius 1 is 1.38 bits per heavy atom. The summed E-state index contributed by atoms with van der Waals surface area (Å²) in [5.41, 5.74) is 2.23. The first-order valence-corrected chi connectivity index (χ1v) is 10.0. The van der Waals surface area contributed by atoms with E-state index in [9.17, 15) is 9.90 Å². The van der Waals surface area contributed by atoms with Crippen molar-refractivity contribution in [3.63, 3.8) is 0 Å². The van der Waals surface area contributed by atoms with E-state index in [-0.39, 0.29) is 5.91 Å². The average molecular weight is 396 g/mol. The van der Waals surface area contributed by atoms with Crippen molar-refractivity contribution < 1.29 is 14.6 Å². The molecule has 0 spiro atoms. The lowest BCUT2D eigenvalue weighted by Crippen LogP contribution is -2.29. The highest BCUT2D eigenvalue weighted by atomic mass is 16.5. The van der Waals surface area contributed by atoms with Gasteiger partial charge in [-0.25, -0.2) is 4.98 Å². The molecule has 0 atom stereocenters. The van der Waals surface area contributed by atoms with Crippen molar-refractivity contribution in [3.05, 3.63) is 48.1 Å². The van der Waals surface area contributed by atoms with Gasteiger partial charge >= 0.3 is 0 Å². The molecular formula is C22H28N4O3. The smallest absolute Gasteiger partial charge is 0.253 e. The highest BCUT2D eigenvalue weighted by Crippen LogP contribution is 2.30. The van der Waals surface area contributed by atoms with Crippen LogP contribution in [0.15, 0.2) is 42.4 Å². The molecule has 1 saturated carbocycles. The van der Waals surface area contributed by atoms with Crippen molar-refractivity contribution in [2.24, 2.45) is 0 Å². The Morgan fingerprint density at radius 2 is 2.17 bits per heavy atom. The topological polar surface area (TPSA) is 79.1 Å². The zero-order valence-corrected chi connectivity index (χ0v) is 17.2. The Morgan fingerprint density at radius 3 is 2.86 bits per heavy atom. The van der Waals surface area contributed by atoms with E-state index in [0.29, 0.717) is 36.9 Å². The zero-order chi connectivity index (χ0) is 20.6. The maximum atomic E-state index is 12.8. The summed E-state index contributed by atoms with van der Waals surface area (Å²) in [7, 11) is 1.58. The normalized spacial score (nSPS) is 16.8. The van der Waals surface area contributed by atoms with E-state index >= 15 is 0 Å². The van der Waals surface area contributed by atoms with Crippen LogP contribution in [-0.2, 0) is 11.2 Å². The van der Waals surface area contributed by atoms with E-state index in [0.717, 1.165) is 16.9 Å². The summed E-state index contributed by atoms with van der Waals surface area (Å²) >= 11 is 0. The van der Waals surface area contributed by atoms with Crippen LogP contribution in [0.25, 0.3) is 5.65 Å². The number of nitrogens with one attached hydrogen (secondary N) is 1. The summed E-state index contributed by atoms with van der Waals surface area (Å²) in [6.45, 7) is 4.21. The molecule has 0 aromatic carbocycles. The summed E-state index contributed by atoms with van der Waals surface area (Å²) in [6, 6.07) is 2.39. The molecule has 29 heavy (non-hydrogen) atoms. The van der Waals surface area contributed by atoms with E-state index in [4.69, 9.17) is 4.74 Å². The number of aromatic nitrogens is 2. The quantitative estimate of drug-likeness (QED) is 0.752. The van der Waals surface area contributed by atoms with Crippen molar-refractivity contribution in [3.8, 4) is 5.75 Å². The van der Waals surface area contributed by atoms with E-state index in [1.54, 1.807) is 21.0 Å². The molecule has 0 radical (unpaired) electrons. The van der Waals surface area contributed by atoms with Crippen LogP contribution in [-0.4, -0.2) is 50.6 Å². The van der Waals surface area contributed by atoms with Crippen molar-refractivity contribution in [1.82, 2.24) is 14.3 Å². The molecule has 2 N–H and O–H groups in total. The third-order valence-electron chi connectivity index (χ3n) is 5.30. The lowest BCUT2D eigenvalue weighted by molar-refractivity contribution is -0.113. The molecule has 0 saturated heterocycles. The van der Waals surface area contributed by atoms with Crippen LogP contribution in [0.1, 0.15) is 38.8 Å². The molecule has 0 unspecified atom stereocenters. The SMILES string of the molecule is COc1cc2nc(CCC(C)(C)O)cn2cc1NC(=O)C1=CC=CN(C2CC2)C1. The third-order valence-corrected chi connectivity index (χ3v) is 5.30. The summed E-state index contributed by atoms with van der Waals surface area (Å²) in [5.74, 6) is 0.441. The number of anilines is 1. The number of hydrogen-bond donors (Lipinski definition) is 2. The molecule has 7 nitrogen and oxygen atoms in total. The summed E-state index contributed by atoms with van der Waals surface area (Å²) in [6.07, 6.45) is 13.3. The standard InChI is InChI=1S/C22H28N4O3/c1-22(2,28)9-8-16-13-26-14-18(19(29-3)11-20(26)23-16)24-21(27)15-5-4-10-25(12-15)17-6-7-17/h4-5,10-11,13-14,17,28H,6-9,12H2,1-3H3,(H,24,27). The molecule has 1 aliphatic carbocycles. The number of aliphatic hydroxyl groups is 1. The summed E-state index contributed by atoms with van der Waals surface area (Å²) < 4.78 is 7.36. The number of pyridine rings is 1. The van der Waals surface area contributed by atoms with Crippen molar-refractivity contribution in [2.45, 2.75) is 51.2 Å². The molecular weight excluding hydrogens is 368 g/mol. The van der Waals surface area contributed by atoms with Crippen molar-refractivity contribution in [2.75, 3.05) is 19.0 Å². The van der Waals surface area contributed by atoms with Gasteiger partial charge in [0.05, 0.1) is 18.4 Å². The largest absolute Gasteiger partial charge is 0.494 e. The van der Waals surface area contributed by atoms with Gasteiger partial charge in [-0.05, 0) is 51.8 Å². The second kappa shape index (κ2) is 7.55. The van der Waals surface area contributed by atoms with Crippen molar-refractivity contribution in [1.29, 1.82) is 0 Å². The number of imidazole rings is 1. The fraction of sp³-hybridized carbons (Fsp3) is 0.455. The first-order valence-electron chi connectivity index (χ1n) is 10.0. The van der Waals surface area contributed by atoms with Gasteiger partial charge in [-0.3, -0.25) is 4.79 Å². The minimum Gasteiger partial charge on any atom is -0.494 e. The molecule has 2 aromatic rings. The molecule has 1 fully saturated rings. The number of hydrogen-bond acceptors (Lipinski definition) is 5. The van der Waals surface area contributed by atoms with Gasteiger partial charge in [-0.2, -0.15) is 0 Å². The molecule has 2 aliphatic rings. The molecule has 4 rings (SSSR count). The van der Waals surface area contributed by atoms with Gasteiger partial charge in [0.1, 0.15) is 17.1 Å². The monoisotopic (exact) mass is 396 g/mol. The predicted octanol–water partition coefficient (Wildman–Crippen LogP) is 2.90. The minimum atomic E-state index is -0.733. The fourth-order valence-corrected chi connectivity index (χ4v) is 3.46. The maximum Gasteiger partial charge on any atom is 0.253 e. The number of fused-ring (bicyclic) bond motifs is 1. The molecule has 3 heterocycles. The second-order valence-electron chi connectivity index (χ2n) is 8.46. The summed E-state index contributed by atoms with van der Waals surface area (Å²) in [4.78, 5) is 19.7. The van der Waals surface area contributed by atoms with Crippen LogP contribution < -0.4 is 10.1 Å². The van der Waals surface area contributed by atoms with Crippen LogP contribution in [0.3, 0.4) is 0 Å². The lowest BCUT2D eigenvalue weighted by atomic mass is 10.0. The Bertz CT molecular complexity index is 980. The van der Waals surface area contributed by atoms with E-state index in [1.165, 1.54) is 12.8 Å². The molecule has 0 bridgehead atoms. The van der Waals surface area contributed by atoms with Crippen LogP contribution in [0, 0.1) is 0 Å². The number of methoxy groups -OCH3 is 1. The molecule has 2 aromatic heterocycles. The zero-order valence-electron chi connectivity index (χ0n) is 17.2. The molecule has 7 heteroatoms. The summed E-state index contributed by atoms with van der Waals surface area (Å²) in [5, 5.41) is 12.9. The molecule has 1 aliphatic heterocycles. The molecule has 1 amide bonds. The van der Waals surface area contributed by atoms with Gasteiger partial charge in [0.15, 0.2) is 0 Å². The Hall–Kier alpha value is -2.80. The second-order valence-corrected chi connectivity index (χ2v) is 8.46. The number of aryl methyl sites for hydroxylation is 1. The fourth-order valence-electron chi connectivity index (χ4n) is 3.46. The first-order chi connectivity index (χ1) is 13.8.